The van der Waals surface area contributed by atoms with E-state index in [1.165, 1.54) is 4.88 Å². The Balaban J connectivity index is 1.58. The highest BCUT2D eigenvalue weighted by Gasteiger charge is 2.22. The van der Waals surface area contributed by atoms with Crippen molar-refractivity contribution in [2.75, 3.05) is 26.7 Å². The summed E-state index contributed by atoms with van der Waals surface area (Å²) >= 11 is 1.71. The summed E-state index contributed by atoms with van der Waals surface area (Å²) in [6, 6.07) is 4.45. The molecule has 0 unspecified atom stereocenters. The second kappa shape index (κ2) is 5.72. The number of aromatic nitrogens is 3. The first-order chi connectivity index (χ1) is 9.74. The standard InChI is InChI=1S/C13H17N5OS/c1-17(5-4-11-3-2-6-20-11)13(19)12-9-18(16-15-12)10-7-14-8-10/h2-3,6,9-10,14H,4-5,7-8H2,1H3. The average Bonchev–Trinajstić information content (AvgIpc) is 3.04. The predicted molar refractivity (Wildman–Crippen MR) is 76.9 cm³/mol. The van der Waals surface area contributed by atoms with E-state index < -0.39 is 0 Å². The topological polar surface area (TPSA) is 63.1 Å². The number of nitrogens with zero attached hydrogens (tertiary/aromatic N) is 4. The zero-order chi connectivity index (χ0) is 13.9. The smallest absolute Gasteiger partial charge is 0.275 e. The molecule has 20 heavy (non-hydrogen) atoms. The molecule has 1 fully saturated rings. The van der Waals surface area contributed by atoms with Gasteiger partial charge in [-0.2, -0.15) is 0 Å². The molecule has 0 atom stereocenters. The summed E-state index contributed by atoms with van der Waals surface area (Å²) < 4.78 is 1.77. The van der Waals surface area contributed by atoms with E-state index in [1.807, 2.05) is 6.07 Å². The Labute approximate surface area is 121 Å². The van der Waals surface area contributed by atoms with Gasteiger partial charge in [0.2, 0.25) is 0 Å². The van der Waals surface area contributed by atoms with E-state index in [4.69, 9.17) is 0 Å². The zero-order valence-electron chi connectivity index (χ0n) is 11.3. The molecule has 0 bridgehead atoms. The molecule has 6 nitrogen and oxygen atoms in total. The Hall–Kier alpha value is -1.73. The molecule has 1 saturated heterocycles. The van der Waals surface area contributed by atoms with Crippen LogP contribution in [0, 0.1) is 0 Å². The van der Waals surface area contributed by atoms with Crippen molar-refractivity contribution in [1.82, 2.24) is 25.2 Å². The molecule has 106 valence electrons. The average molecular weight is 291 g/mol. The van der Waals surface area contributed by atoms with E-state index >= 15 is 0 Å². The fraction of sp³-hybridized carbons (Fsp3) is 0.462. The minimum Gasteiger partial charge on any atom is -0.340 e. The third kappa shape index (κ3) is 2.73. The van der Waals surface area contributed by atoms with Gasteiger partial charge in [-0.25, -0.2) is 4.68 Å². The monoisotopic (exact) mass is 291 g/mol. The number of likely N-dealkylation sites (N-methyl/N-ethyl adjacent to an activating group) is 1. The maximum absolute atomic E-state index is 12.2. The molecule has 1 aliphatic rings. The summed E-state index contributed by atoms with van der Waals surface area (Å²) in [5.74, 6) is -0.0694. The van der Waals surface area contributed by atoms with Crippen LogP contribution in [-0.2, 0) is 6.42 Å². The highest BCUT2D eigenvalue weighted by molar-refractivity contribution is 7.09. The van der Waals surface area contributed by atoms with Crippen LogP contribution in [0.5, 0.6) is 0 Å². The van der Waals surface area contributed by atoms with E-state index in [-0.39, 0.29) is 5.91 Å². The van der Waals surface area contributed by atoms with E-state index in [2.05, 4.69) is 27.1 Å². The SMILES string of the molecule is CN(CCc1cccs1)C(=O)c1cn(C2CNC2)nn1. The Bertz CT molecular complexity index is 575. The molecule has 3 heterocycles. The highest BCUT2D eigenvalue weighted by Crippen LogP contribution is 2.12. The first kappa shape index (κ1) is 13.3. The lowest BCUT2D eigenvalue weighted by Crippen LogP contribution is -2.43. The lowest BCUT2D eigenvalue weighted by Gasteiger charge is -2.26. The molecule has 2 aromatic heterocycles. The number of thiophene rings is 1. The van der Waals surface area contributed by atoms with E-state index in [9.17, 15) is 4.79 Å². The Morgan fingerprint density at radius 2 is 2.45 bits per heavy atom. The van der Waals surface area contributed by atoms with Crippen LogP contribution in [0.25, 0.3) is 0 Å². The van der Waals surface area contributed by atoms with Crippen molar-refractivity contribution in [2.24, 2.45) is 0 Å². The Morgan fingerprint density at radius 1 is 1.60 bits per heavy atom. The molecule has 1 amide bonds. The van der Waals surface area contributed by atoms with Crippen molar-refractivity contribution < 1.29 is 4.79 Å². The van der Waals surface area contributed by atoms with Gasteiger partial charge in [-0.3, -0.25) is 4.79 Å². The fourth-order valence-corrected chi connectivity index (χ4v) is 2.74. The van der Waals surface area contributed by atoms with Gasteiger partial charge in [0, 0.05) is 31.6 Å². The molecule has 0 aliphatic carbocycles. The van der Waals surface area contributed by atoms with Crippen molar-refractivity contribution in [3.8, 4) is 0 Å². The van der Waals surface area contributed by atoms with Crippen LogP contribution in [-0.4, -0.2) is 52.5 Å². The van der Waals surface area contributed by atoms with Crippen LogP contribution in [0.2, 0.25) is 0 Å². The number of rotatable bonds is 5. The van der Waals surface area contributed by atoms with E-state index in [0.29, 0.717) is 18.3 Å². The predicted octanol–water partition coefficient (Wildman–Crippen LogP) is 0.799. The van der Waals surface area contributed by atoms with Crippen molar-refractivity contribution in [2.45, 2.75) is 12.5 Å². The van der Waals surface area contributed by atoms with Gasteiger partial charge in [0.15, 0.2) is 5.69 Å². The first-order valence-electron chi connectivity index (χ1n) is 6.64. The number of hydrogen-bond donors (Lipinski definition) is 1. The van der Waals surface area contributed by atoms with Crippen molar-refractivity contribution in [3.05, 3.63) is 34.3 Å². The summed E-state index contributed by atoms with van der Waals surface area (Å²) in [5, 5.41) is 13.2. The third-order valence-electron chi connectivity index (χ3n) is 3.48. The quantitative estimate of drug-likeness (QED) is 0.885. The van der Waals surface area contributed by atoms with Crippen molar-refractivity contribution in [3.63, 3.8) is 0 Å². The van der Waals surface area contributed by atoms with E-state index in [0.717, 1.165) is 19.5 Å². The largest absolute Gasteiger partial charge is 0.340 e. The van der Waals surface area contributed by atoms with Crippen molar-refractivity contribution in [1.29, 1.82) is 0 Å². The summed E-state index contributed by atoms with van der Waals surface area (Å²) in [6.07, 6.45) is 2.62. The number of carbonyl (C=O) groups excluding carboxylic acids is 1. The lowest BCUT2D eigenvalue weighted by molar-refractivity contribution is 0.0791. The van der Waals surface area contributed by atoms with Crippen LogP contribution in [0.3, 0.4) is 0 Å². The molecule has 0 aromatic carbocycles. The Kier molecular flexibility index (Phi) is 3.79. The van der Waals surface area contributed by atoms with Crippen LogP contribution in [0.15, 0.2) is 23.7 Å². The van der Waals surface area contributed by atoms with Gasteiger partial charge in [-0.1, -0.05) is 11.3 Å². The van der Waals surface area contributed by atoms with Gasteiger partial charge in [0.25, 0.3) is 5.91 Å². The van der Waals surface area contributed by atoms with E-state index in [1.54, 1.807) is 34.2 Å². The van der Waals surface area contributed by atoms with Crippen LogP contribution in [0.1, 0.15) is 21.4 Å². The van der Waals surface area contributed by atoms with Crippen LogP contribution in [0.4, 0.5) is 0 Å². The van der Waals surface area contributed by atoms with Crippen molar-refractivity contribution >= 4 is 17.2 Å². The molecule has 2 aromatic rings. The normalized spacial score (nSPS) is 15.1. The van der Waals surface area contributed by atoms with Gasteiger partial charge in [-0.05, 0) is 17.9 Å². The van der Waals surface area contributed by atoms with Gasteiger partial charge >= 0.3 is 0 Å². The van der Waals surface area contributed by atoms with Gasteiger partial charge < -0.3 is 10.2 Å². The molecule has 0 radical (unpaired) electrons. The summed E-state index contributed by atoms with van der Waals surface area (Å²) in [4.78, 5) is 15.2. The van der Waals surface area contributed by atoms with Crippen LogP contribution >= 0.6 is 11.3 Å². The van der Waals surface area contributed by atoms with Gasteiger partial charge in [0.05, 0.1) is 12.2 Å². The Morgan fingerprint density at radius 3 is 3.10 bits per heavy atom. The minimum absolute atomic E-state index is 0.0694. The number of nitrogens with one attached hydrogen (secondary N) is 1. The minimum atomic E-state index is -0.0694. The second-order valence-corrected chi connectivity index (χ2v) is 5.98. The molecule has 7 heteroatoms. The maximum Gasteiger partial charge on any atom is 0.275 e. The molecule has 1 N–H and O–H groups in total. The summed E-state index contributed by atoms with van der Waals surface area (Å²) in [5.41, 5.74) is 0.422. The zero-order valence-corrected chi connectivity index (χ0v) is 12.1. The molecule has 3 rings (SSSR count). The fourth-order valence-electron chi connectivity index (χ4n) is 2.04. The number of carbonyl (C=O) groups is 1. The first-order valence-corrected chi connectivity index (χ1v) is 7.52. The number of amides is 1. The van der Waals surface area contributed by atoms with Gasteiger partial charge in [-0.15, -0.1) is 16.4 Å². The second-order valence-electron chi connectivity index (χ2n) is 4.95. The molecule has 0 spiro atoms. The lowest BCUT2D eigenvalue weighted by atomic mass is 10.2. The maximum atomic E-state index is 12.2. The highest BCUT2D eigenvalue weighted by atomic mass is 32.1. The van der Waals surface area contributed by atoms with Gasteiger partial charge in [0.1, 0.15) is 0 Å². The summed E-state index contributed by atoms with van der Waals surface area (Å²) in [6.45, 7) is 2.48. The summed E-state index contributed by atoms with van der Waals surface area (Å²) in [7, 11) is 1.81. The molecular formula is C13H17N5OS. The molecule has 0 saturated carbocycles. The van der Waals surface area contributed by atoms with Crippen LogP contribution < -0.4 is 5.32 Å². The third-order valence-corrected chi connectivity index (χ3v) is 4.42. The number of hydrogen-bond acceptors (Lipinski definition) is 5. The molecular weight excluding hydrogens is 274 g/mol. The molecule has 1 aliphatic heterocycles.